The number of nitrogens with one attached hydrogen (secondary N) is 1. The maximum absolute atomic E-state index is 13.9. The van der Waals surface area contributed by atoms with Gasteiger partial charge >= 0.3 is 0 Å². The van der Waals surface area contributed by atoms with Crippen molar-refractivity contribution in [3.05, 3.63) is 56.2 Å². The van der Waals surface area contributed by atoms with Gasteiger partial charge in [-0.3, -0.25) is 4.72 Å². The molecule has 0 spiro atoms. The molecule has 2 aromatic carbocycles. The molecule has 0 heterocycles. The summed E-state index contributed by atoms with van der Waals surface area (Å²) in [7, 11) is -3.93. The molecule has 8 heteroatoms. The molecule has 2 aromatic rings. The zero-order valence-corrected chi connectivity index (χ0v) is 15.2. The van der Waals surface area contributed by atoms with Gasteiger partial charge in [-0.25, -0.2) is 12.8 Å². The maximum Gasteiger partial charge on any atom is 0.261 e. The number of nitrogens with zero attached hydrogens (tertiary/aromatic N) is 1. The lowest BCUT2D eigenvalue weighted by Crippen LogP contribution is -2.15. The fourth-order valence-corrected chi connectivity index (χ4v) is 4.20. The molecule has 0 saturated heterocycles. The van der Waals surface area contributed by atoms with Gasteiger partial charge in [-0.15, -0.1) is 0 Å². The van der Waals surface area contributed by atoms with Crippen LogP contribution in [0.1, 0.15) is 11.1 Å². The molecular formula is C14H9Br2FN2O2S. The predicted molar refractivity (Wildman–Crippen MR) is 88.5 cm³/mol. The Balaban J connectivity index is 2.53. The number of nitriles is 1. The van der Waals surface area contributed by atoms with Gasteiger partial charge in [-0.2, -0.15) is 5.26 Å². The molecule has 1 N–H and O–H groups in total. The molecule has 0 unspecified atom stereocenters. The number of halogens is 3. The Morgan fingerprint density at radius 2 is 1.77 bits per heavy atom. The predicted octanol–water partition coefficient (Wildman–Crippen LogP) is 4.33. The van der Waals surface area contributed by atoms with Gasteiger partial charge in [-0.05, 0) is 57.0 Å². The summed E-state index contributed by atoms with van der Waals surface area (Å²) < 4.78 is 41.2. The van der Waals surface area contributed by atoms with Crippen LogP contribution in [0.4, 0.5) is 10.1 Å². The Bertz CT molecular complexity index is 875. The molecular weight excluding hydrogens is 439 g/mol. The zero-order chi connectivity index (χ0) is 16.5. The second-order valence-corrected chi connectivity index (χ2v) is 7.83. The van der Waals surface area contributed by atoms with E-state index in [1.807, 2.05) is 6.92 Å². The van der Waals surface area contributed by atoms with Gasteiger partial charge in [0.05, 0.1) is 15.1 Å². The van der Waals surface area contributed by atoms with Crippen LogP contribution in [0, 0.1) is 24.1 Å². The van der Waals surface area contributed by atoms with E-state index in [0.717, 1.165) is 5.56 Å². The minimum atomic E-state index is -3.93. The number of hydrogen-bond acceptors (Lipinski definition) is 3. The van der Waals surface area contributed by atoms with E-state index >= 15 is 0 Å². The molecule has 114 valence electrons. The Labute approximate surface area is 144 Å². The fourth-order valence-electron chi connectivity index (χ4n) is 1.71. The van der Waals surface area contributed by atoms with E-state index in [9.17, 15) is 12.8 Å². The SMILES string of the molecule is Cc1ccc(S(=O)(=O)Nc2c(Br)cc(Br)c(F)c2C#N)cc1. The summed E-state index contributed by atoms with van der Waals surface area (Å²) in [6.45, 7) is 1.83. The zero-order valence-electron chi connectivity index (χ0n) is 11.2. The third-order valence-electron chi connectivity index (χ3n) is 2.85. The fraction of sp³-hybridized carbons (Fsp3) is 0.0714. The smallest absolute Gasteiger partial charge is 0.261 e. The summed E-state index contributed by atoms with van der Waals surface area (Å²) in [5.74, 6) is -0.827. The van der Waals surface area contributed by atoms with Crippen LogP contribution < -0.4 is 4.72 Å². The van der Waals surface area contributed by atoms with Crippen molar-refractivity contribution in [2.45, 2.75) is 11.8 Å². The van der Waals surface area contributed by atoms with E-state index in [2.05, 4.69) is 36.6 Å². The van der Waals surface area contributed by atoms with Gasteiger partial charge in [0.2, 0.25) is 0 Å². The van der Waals surface area contributed by atoms with E-state index < -0.39 is 21.4 Å². The Morgan fingerprint density at radius 3 is 2.32 bits per heavy atom. The van der Waals surface area contributed by atoms with Crippen LogP contribution in [0.5, 0.6) is 0 Å². The quantitative estimate of drug-likeness (QED) is 0.711. The lowest BCUT2D eigenvalue weighted by Gasteiger charge is -2.13. The molecule has 0 amide bonds. The summed E-state index contributed by atoms with van der Waals surface area (Å²) in [6, 6.07) is 9.18. The van der Waals surface area contributed by atoms with Gasteiger partial charge in [-0.1, -0.05) is 17.7 Å². The summed E-state index contributed by atoms with van der Waals surface area (Å²) in [6.07, 6.45) is 0. The van der Waals surface area contributed by atoms with Crippen LogP contribution >= 0.6 is 31.9 Å². The van der Waals surface area contributed by atoms with Crippen molar-refractivity contribution >= 4 is 47.6 Å². The lowest BCUT2D eigenvalue weighted by molar-refractivity contribution is 0.600. The van der Waals surface area contributed by atoms with Gasteiger partial charge < -0.3 is 0 Å². The summed E-state index contributed by atoms with van der Waals surface area (Å²) >= 11 is 6.11. The first-order valence-corrected chi connectivity index (χ1v) is 9.00. The van der Waals surface area contributed by atoms with Crippen LogP contribution in [-0.4, -0.2) is 8.42 Å². The molecule has 0 aliphatic heterocycles. The first-order chi connectivity index (χ1) is 10.3. The van der Waals surface area contributed by atoms with Gasteiger partial charge in [0.1, 0.15) is 11.6 Å². The third-order valence-corrected chi connectivity index (χ3v) is 5.42. The molecule has 0 bridgehead atoms. The van der Waals surface area contributed by atoms with E-state index in [4.69, 9.17) is 5.26 Å². The van der Waals surface area contributed by atoms with Crippen molar-refractivity contribution in [1.82, 2.24) is 0 Å². The molecule has 0 aromatic heterocycles. The number of aryl methyl sites for hydroxylation is 1. The van der Waals surface area contributed by atoms with Crippen LogP contribution in [0.2, 0.25) is 0 Å². The highest BCUT2D eigenvalue weighted by atomic mass is 79.9. The number of hydrogen-bond donors (Lipinski definition) is 1. The number of anilines is 1. The minimum absolute atomic E-state index is 0.0252. The van der Waals surface area contributed by atoms with Crippen molar-refractivity contribution in [1.29, 1.82) is 5.26 Å². The average molecular weight is 448 g/mol. The molecule has 2 rings (SSSR count). The third kappa shape index (κ3) is 3.32. The Hall–Kier alpha value is -1.43. The van der Waals surface area contributed by atoms with Gasteiger partial charge in [0.25, 0.3) is 10.0 Å². The molecule has 22 heavy (non-hydrogen) atoms. The van der Waals surface area contributed by atoms with E-state index in [-0.39, 0.29) is 19.5 Å². The van der Waals surface area contributed by atoms with Crippen molar-refractivity contribution in [2.75, 3.05) is 4.72 Å². The van der Waals surface area contributed by atoms with E-state index in [1.54, 1.807) is 18.2 Å². The van der Waals surface area contributed by atoms with E-state index in [1.165, 1.54) is 18.2 Å². The Kier molecular flexibility index (Phi) is 4.90. The second kappa shape index (κ2) is 6.36. The largest absolute Gasteiger partial charge is 0.277 e. The van der Waals surface area contributed by atoms with Crippen molar-refractivity contribution in [2.24, 2.45) is 0 Å². The number of sulfonamides is 1. The summed E-state index contributed by atoms with van der Waals surface area (Å²) in [4.78, 5) is 0.0252. The van der Waals surface area contributed by atoms with Gasteiger partial charge in [0.15, 0.2) is 5.82 Å². The molecule has 0 saturated carbocycles. The molecule has 4 nitrogen and oxygen atoms in total. The number of rotatable bonds is 3. The summed E-state index contributed by atoms with van der Waals surface area (Å²) in [5.41, 5.74) is 0.383. The molecule has 0 aliphatic carbocycles. The standard InChI is InChI=1S/C14H9Br2FN2O2S/c1-8-2-4-9(5-3-8)22(20,21)19-14-10(7-18)13(17)11(15)6-12(14)16/h2-6,19H,1H3. The monoisotopic (exact) mass is 446 g/mol. The number of benzene rings is 2. The van der Waals surface area contributed by atoms with Crippen molar-refractivity contribution < 1.29 is 12.8 Å². The van der Waals surface area contributed by atoms with Crippen molar-refractivity contribution in [3.8, 4) is 6.07 Å². The highest BCUT2D eigenvalue weighted by Crippen LogP contribution is 2.34. The highest BCUT2D eigenvalue weighted by Gasteiger charge is 2.22. The van der Waals surface area contributed by atoms with Gasteiger partial charge in [0, 0.05) is 4.47 Å². The Morgan fingerprint density at radius 1 is 1.18 bits per heavy atom. The van der Waals surface area contributed by atoms with Crippen LogP contribution in [0.25, 0.3) is 0 Å². The maximum atomic E-state index is 13.9. The lowest BCUT2D eigenvalue weighted by atomic mass is 10.2. The summed E-state index contributed by atoms with van der Waals surface area (Å²) in [5, 5.41) is 9.09. The minimum Gasteiger partial charge on any atom is -0.277 e. The van der Waals surface area contributed by atoms with Crippen LogP contribution in [0.15, 0.2) is 44.2 Å². The van der Waals surface area contributed by atoms with Crippen molar-refractivity contribution in [3.63, 3.8) is 0 Å². The normalized spacial score (nSPS) is 11.0. The topological polar surface area (TPSA) is 70.0 Å². The molecule has 0 radical (unpaired) electrons. The molecule has 0 aliphatic rings. The van der Waals surface area contributed by atoms with E-state index in [0.29, 0.717) is 0 Å². The first kappa shape index (κ1) is 16.9. The average Bonchev–Trinajstić information content (AvgIpc) is 2.45. The second-order valence-electron chi connectivity index (χ2n) is 4.43. The van der Waals surface area contributed by atoms with Crippen LogP contribution in [-0.2, 0) is 10.0 Å². The first-order valence-electron chi connectivity index (χ1n) is 5.93. The van der Waals surface area contributed by atoms with Crippen LogP contribution in [0.3, 0.4) is 0 Å². The highest BCUT2D eigenvalue weighted by molar-refractivity contribution is 9.11. The molecule has 0 fully saturated rings. The molecule has 0 atom stereocenters.